The zero-order valence-corrected chi connectivity index (χ0v) is 8.97. The Morgan fingerprint density at radius 2 is 1.14 bits per heavy atom. The standard InChI is InChI=1S/C12H22N2/c1-3-9-10-4-2-8-14-12(10)6-5-11(9)13-7-1/h9-14H,1-8H2/t9-,10+,11+,12-. The van der Waals surface area contributed by atoms with Crippen LogP contribution in [0.4, 0.5) is 0 Å². The molecule has 0 bridgehead atoms. The molecule has 2 nitrogen and oxygen atoms in total. The van der Waals surface area contributed by atoms with Gasteiger partial charge in [0.1, 0.15) is 0 Å². The van der Waals surface area contributed by atoms with E-state index < -0.39 is 0 Å². The Hall–Kier alpha value is -0.0800. The van der Waals surface area contributed by atoms with E-state index in [1.165, 1.54) is 51.6 Å². The number of fused-ring (bicyclic) bond motifs is 3. The van der Waals surface area contributed by atoms with Crippen molar-refractivity contribution >= 4 is 0 Å². The van der Waals surface area contributed by atoms with Gasteiger partial charge in [0, 0.05) is 12.1 Å². The normalized spacial score (nSPS) is 48.0. The fourth-order valence-corrected chi connectivity index (χ4v) is 3.97. The fraction of sp³-hybridized carbons (Fsp3) is 1.00. The number of rotatable bonds is 0. The van der Waals surface area contributed by atoms with E-state index in [9.17, 15) is 0 Å². The molecule has 2 aliphatic heterocycles. The van der Waals surface area contributed by atoms with Crippen LogP contribution in [0.1, 0.15) is 38.5 Å². The summed E-state index contributed by atoms with van der Waals surface area (Å²) >= 11 is 0. The van der Waals surface area contributed by atoms with E-state index >= 15 is 0 Å². The first-order valence-corrected chi connectivity index (χ1v) is 6.42. The van der Waals surface area contributed by atoms with Crippen LogP contribution in [0.5, 0.6) is 0 Å². The Labute approximate surface area is 86.8 Å². The minimum absolute atomic E-state index is 0.866. The number of hydrogen-bond acceptors (Lipinski definition) is 2. The highest BCUT2D eigenvalue weighted by atomic mass is 15.0. The smallest absolute Gasteiger partial charge is 0.00991 e. The van der Waals surface area contributed by atoms with Crippen LogP contribution in [0.2, 0.25) is 0 Å². The van der Waals surface area contributed by atoms with Crippen molar-refractivity contribution in [2.45, 2.75) is 50.6 Å². The summed E-state index contributed by atoms with van der Waals surface area (Å²) in [6, 6.07) is 1.73. The Kier molecular flexibility index (Phi) is 2.50. The molecule has 0 unspecified atom stereocenters. The maximum atomic E-state index is 3.73. The maximum absolute atomic E-state index is 3.73. The second-order valence-corrected chi connectivity index (χ2v) is 5.31. The third-order valence-electron chi connectivity index (χ3n) is 4.61. The van der Waals surface area contributed by atoms with Gasteiger partial charge in [0.25, 0.3) is 0 Å². The van der Waals surface area contributed by atoms with Crippen molar-refractivity contribution in [3.05, 3.63) is 0 Å². The molecule has 2 heteroatoms. The third kappa shape index (κ3) is 1.49. The molecular formula is C12H22N2. The highest BCUT2D eigenvalue weighted by Gasteiger charge is 2.40. The van der Waals surface area contributed by atoms with Gasteiger partial charge in [-0.25, -0.2) is 0 Å². The van der Waals surface area contributed by atoms with E-state index in [4.69, 9.17) is 0 Å². The molecule has 0 aromatic carbocycles. The lowest BCUT2D eigenvalue weighted by atomic mass is 9.67. The molecular weight excluding hydrogens is 172 g/mol. The van der Waals surface area contributed by atoms with Crippen LogP contribution in [0, 0.1) is 11.8 Å². The molecule has 14 heavy (non-hydrogen) atoms. The molecule has 2 heterocycles. The molecule has 0 aromatic rings. The monoisotopic (exact) mass is 194 g/mol. The minimum atomic E-state index is 0.866. The quantitative estimate of drug-likeness (QED) is 0.611. The van der Waals surface area contributed by atoms with Crippen LogP contribution >= 0.6 is 0 Å². The van der Waals surface area contributed by atoms with Gasteiger partial charge >= 0.3 is 0 Å². The average molecular weight is 194 g/mol. The third-order valence-corrected chi connectivity index (χ3v) is 4.61. The lowest BCUT2D eigenvalue weighted by molar-refractivity contribution is 0.0790. The Morgan fingerprint density at radius 3 is 1.64 bits per heavy atom. The van der Waals surface area contributed by atoms with Gasteiger partial charge in [-0.1, -0.05) is 0 Å². The first-order valence-electron chi connectivity index (χ1n) is 6.42. The molecule has 3 aliphatic rings. The molecule has 2 saturated heterocycles. The van der Waals surface area contributed by atoms with Crippen LogP contribution in [-0.4, -0.2) is 25.2 Å². The van der Waals surface area contributed by atoms with Crippen LogP contribution < -0.4 is 10.6 Å². The van der Waals surface area contributed by atoms with Crippen molar-refractivity contribution in [2.75, 3.05) is 13.1 Å². The summed E-state index contributed by atoms with van der Waals surface area (Å²) in [6.45, 7) is 2.54. The molecule has 0 radical (unpaired) electrons. The second-order valence-electron chi connectivity index (χ2n) is 5.31. The van der Waals surface area contributed by atoms with E-state index in [1.807, 2.05) is 0 Å². The van der Waals surface area contributed by atoms with Crippen molar-refractivity contribution in [1.29, 1.82) is 0 Å². The van der Waals surface area contributed by atoms with Crippen LogP contribution in [0.25, 0.3) is 0 Å². The van der Waals surface area contributed by atoms with E-state index in [1.54, 1.807) is 0 Å². The molecule has 0 aromatic heterocycles. The summed E-state index contributed by atoms with van der Waals surface area (Å²) in [5.74, 6) is 1.99. The zero-order valence-electron chi connectivity index (χ0n) is 8.97. The van der Waals surface area contributed by atoms with Crippen molar-refractivity contribution in [3.8, 4) is 0 Å². The lowest BCUT2D eigenvalue weighted by Gasteiger charge is -2.48. The molecule has 1 aliphatic carbocycles. The second kappa shape index (κ2) is 3.82. The summed E-state index contributed by atoms with van der Waals surface area (Å²) in [7, 11) is 0. The van der Waals surface area contributed by atoms with Crippen LogP contribution in [-0.2, 0) is 0 Å². The summed E-state index contributed by atoms with van der Waals surface area (Å²) in [6.07, 6.45) is 8.62. The van der Waals surface area contributed by atoms with E-state index in [2.05, 4.69) is 10.6 Å². The van der Waals surface area contributed by atoms with Gasteiger partial charge in [0.15, 0.2) is 0 Å². The summed E-state index contributed by atoms with van der Waals surface area (Å²) < 4.78 is 0. The predicted molar refractivity (Wildman–Crippen MR) is 58.3 cm³/mol. The maximum Gasteiger partial charge on any atom is 0.00991 e. The van der Waals surface area contributed by atoms with Gasteiger partial charge in [-0.15, -0.1) is 0 Å². The summed E-state index contributed by atoms with van der Waals surface area (Å²) in [4.78, 5) is 0. The van der Waals surface area contributed by atoms with Crippen molar-refractivity contribution < 1.29 is 0 Å². The fourth-order valence-electron chi connectivity index (χ4n) is 3.97. The highest BCUT2D eigenvalue weighted by molar-refractivity contribution is 4.97. The molecule has 3 rings (SSSR count). The Balaban J connectivity index is 1.74. The van der Waals surface area contributed by atoms with Crippen molar-refractivity contribution in [2.24, 2.45) is 11.8 Å². The molecule has 80 valence electrons. The largest absolute Gasteiger partial charge is 0.314 e. The first kappa shape index (κ1) is 9.17. The van der Waals surface area contributed by atoms with E-state index in [0.29, 0.717) is 0 Å². The topological polar surface area (TPSA) is 24.1 Å². The van der Waals surface area contributed by atoms with Gasteiger partial charge in [0.05, 0.1) is 0 Å². The first-order chi connectivity index (χ1) is 6.95. The molecule has 2 N–H and O–H groups in total. The van der Waals surface area contributed by atoms with E-state index in [0.717, 1.165) is 23.9 Å². The number of hydrogen-bond donors (Lipinski definition) is 2. The van der Waals surface area contributed by atoms with Gasteiger partial charge in [-0.3, -0.25) is 0 Å². The number of piperidine rings is 2. The van der Waals surface area contributed by atoms with Crippen LogP contribution in [0.3, 0.4) is 0 Å². The SMILES string of the molecule is C1CN[C@H]2CC[C@H]3NCCC[C@H]3[C@H]2C1. The number of nitrogens with one attached hydrogen (secondary N) is 2. The molecule has 1 saturated carbocycles. The molecule has 3 fully saturated rings. The van der Waals surface area contributed by atoms with E-state index in [-0.39, 0.29) is 0 Å². The molecule has 0 spiro atoms. The van der Waals surface area contributed by atoms with Crippen molar-refractivity contribution in [3.63, 3.8) is 0 Å². The van der Waals surface area contributed by atoms with Crippen molar-refractivity contribution in [1.82, 2.24) is 10.6 Å². The summed E-state index contributed by atoms with van der Waals surface area (Å²) in [5, 5.41) is 7.45. The van der Waals surface area contributed by atoms with Crippen LogP contribution in [0.15, 0.2) is 0 Å². The Bertz CT molecular complexity index is 182. The molecule has 0 amide bonds. The average Bonchev–Trinajstić information content (AvgIpc) is 2.29. The predicted octanol–water partition coefficient (Wildman–Crippen LogP) is 1.52. The van der Waals surface area contributed by atoms with Gasteiger partial charge in [-0.05, 0) is 63.5 Å². The van der Waals surface area contributed by atoms with Gasteiger partial charge < -0.3 is 10.6 Å². The lowest BCUT2D eigenvalue weighted by Crippen LogP contribution is -2.56. The van der Waals surface area contributed by atoms with Gasteiger partial charge in [-0.2, -0.15) is 0 Å². The minimum Gasteiger partial charge on any atom is -0.314 e. The molecule has 4 atom stereocenters. The zero-order chi connectivity index (χ0) is 9.38. The van der Waals surface area contributed by atoms with Gasteiger partial charge in [0.2, 0.25) is 0 Å². The summed E-state index contributed by atoms with van der Waals surface area (Å²) in [5.41, 5.74) is 0. The highest BCUT2D eigenvalue weighted by Crippen LogP contribution is 2.39. The Morgan fingerprint density at radius 1 is 0.643 bits per heavy atom.